The van der Waals surface area contributed by atoms with Gasteiger partial charge in [0, 0.05) is 5.56 Å². The number of fused-ring (bicyclic) bond motifs is 1. The van der Waals surface area contributed by atoms with Crippen molar-refractivity contribution in [2.75, 3.05) is 11.9 Å². The first kappa shape index (κ1) is 15.1. The van der Waals surface area contributed by atoms with E-state index in [4.69, 9.17) is 4.74 Å². The van der Waals surface area contributed by atoms with Gasteiger partial charge in [0.1, 0.15) is 5.75 Å². The second-order valence-corrected chi connectivity index (χ2v) is 5.39. The maximum atomic E-state index is 12.5. The van der Waals surface area contributed by atoms with Gasteiger partial charge in [-0.05, 0) is 30.2 Å². The number of benzene rings is 2. The molecule has 0 spiro atoms. The number of anilines is 1. The van der Waals surface area contributed by atoms with Crippen molar-refractivity contribution in [2.24, 2.45) is 0 Å². The molecule has 5 heteroatoms. The van der Waals surface area contributed by atoms with Crippen LogP contribution in [0.4, 0.5) is 5.69 Å². The number of hydrogen-bond acceptors (Lipinski definition) is 3. The zero-order valence-corrected chi connectivity index (χ0v) is 12.8. The average molecular weight is 310 g/mol. The summed E-state index contributed by atoms with van der Waals surface area (Å²) in [5.41, 5.74) is 2.17. The van der Waals surface area contributed by atoms with Crippen LogP contribution in [0.5, 0.6) is 5.75 Å². The molecule has 5 nitrogen and oxygen atoms in total. The lowest BCUT2D eigenvalue weighted by atomic mass is 10.0. The van der Waals surface area contributed by atoms with E-state index < -0.39 is 0 Å². The van der Waals surface area contributed by atoms with Crippen LogP contribution in [-0.2, 0) is 4.79 Å². The Morgan fingerprint density at radius 2 is 2.04 bits per heavy atom. The fraction of sp³-hybridized carbons (Fsp3) is 0.222. The van der Waals surface area contributed by atoms with E-state index in [1.54, 1.807) is 18.2 Å². The smallest absolute Gasteiger partial charge is 0.262 e. The normalized spacial score (nSPS) is 14.2. The van der Waals surface area contributed by atoms with E-state index in [1.807, 2.05) is 37.3 Å². The van der Waals surface area contributed by atoms with Gasteiger partial charge < -0.3 is 15.4 Å². The zero-order valence-electron chi connectivity index (χ0n) is 12.8. The molecule has 0 bridgehead atoms. The summed E-state index contributed by atoms with van der Waals surface area (Å²) in [4.78, 5) is 23.8. The monoisotopic (exact) mass is 310 g/mol. The van der Waals surface area contributed by atoms with Gasteiger partial charge in [-0.25, -0.2) is 0 Å². The summed E-state index contributed by atoms with van der Waals surface area (Å²) >= 11 is 0. The van der Waals surface area contributed by atoms with Gasteiger partial charge in [-0.3, -0.25) is 9.59 Å². The number of rotatable bonds is 4. The molecule has 1 heterocycles. The first-order valence-corrected chi connectivity index (χ1v) is 7.60. The van der Waals surface area contributed by atoms with Crippen LogP contribution in [0.3, 0.4) is 0 Å². The summed E-state index contributed by atoms with van der Waals surface area (Å²) in [5, 5.41) is 5.74. The number of ether oxygens (including phenoxy) is 1. The second kappa shape index (κ2) is 6.52. The van der Waals surface area contributed by atoms with Crippen LogP contribution < -0.4 is 15.4 Å². The maximum Gasteiger partial charge on any atom is 0.262 e. The Kier molecular flexibility index (Phi) is 4.28. The molecule has 0 aliphatic carbocycles. The Morgan fingerprint density at radius 3 is 2.78 bits per heavy atom. The number of carbonyl (C=O) groups is 2. The SMILES string of the molecule is CCC(NC(=O)c1ccc2c(c1)OCC(=O)N2)c1ccccc1. The van der Waals surface area contributed by atoms with E-state index in [0.29, 0.717) is 17.0 Å². The van der Waals surface area contributed by atoms with Crippen molar-refractivity contribution in [3.05, 3.63) is 59.7 Å². The predicted octanol–water partition coefficient (Wildman–Crippen LogP) is 2.90. The first-order chi connectivity index (χ1) is 11.2. The molecular formula is C18H18N2O3. The fourth-order valence-corrected chi connectivity index (χ4v) is 2.56. The first-order valence-electron chi connectivity index (χ1n) is 7.60. The van der Waals surface area contributed by atoms with Crippen molar-refractivity contribution in [2.45, 2.75) is 19.4 Å². The van der Waals surface area contributed by atoms with Crippen LogP contribution >= 0.6 is 0 Å². The molecule has 2 aromatic rings. The lowest BCUT2D eigenvalue weighted by molar-refractivity contribution is -0.118. The Hall–Kier alpha value is -2.82. The summed E-state index contributed by atoms with van der Waals surface area (Å²) in [5.74, 6) is 0.166. The van der Waals surface area contributed by atoms with Crippen LogP contribution in [0.15, 0.2) is 48.5 Å². The molecule has 118 valence electrons. The zero-order chi connectivity index (χ0) is 16.2. The summed E-state index contributed by atoms with van der Waals surface area (Å²) in [6.45, 7) is 2.00. The lowest BCUT2D eigenvalue weighted by Crippen LogP contribution is -2.29. The Bertz CT molecular complexity index is 728. The molecule has 0 radical (unpaired) electrons. The van der Waals surface area contributed by atoms with Gasteiger partial charge in [-0.15, -0.1) is 0 Å². The molecule has 2 amide bonds. The van der Waals surface area contributed by atoms with Crippen molar-refractivity contribution < 1.29 is 14.3 Å². The Morgan fingerprint density at radius 1 is 1.26 bits per heavy atom. The topological polar surface area (TPSA) is 67.4 Å². The highest BCUT2D eigenvalue weighted by atomic mass is 16.5. The molecule has 1 aliphatic heterocycles. The summed E-state index contributed by atoms with van der Waals surface area (Å²) in [7, 11) is 0. The van der Waals surface area contributed by atoms with E-state index in [9.17, 15) is 9.59 Å². The molecule has 0 aromatic heterocycles. The molecule has 23 heavy (non-hydrogen) atoms. The predicted molar refractivity (Wildman–Crippen MR) is 87.5 cm³/mol. The van der Waals surface area contributed by atoms with E-state index >= 15 is 0 Å². The summed E-state index contributed by atoms with van der Waals surface area (Å²) in [6, 6.07) is 14.8. The largest absolute Gasteiger partial charge is 0.482 e. The number of nitrogens with one attached hydrogen (secondary N) is 2. The number of hydrogen-bond donors (Lipinski definition) is 2. The highest BCUT2D eigenvalue weighted by Crippen LogP contribution is 2.28. The Balaban J connectivity index is 1.77. The molecule has 2 aromatic carbocycles. The van der Waals surface area contributed by atoms with Gasteiger partial charge >= 0.3 is 0 Å². The van der Waals surface area contributed by atoms with Gasteiger partial charge in [0.15, 0.2) is 6.61 Å². The molecule has 1 aliphatic rings. The van der Waals surface area contributed by atoms with Gasteiger partial charge in [0.2, 0.25) is 0 Å². The van der Waals surface area contributed by atoms with Gasteiger partial charge in [0.05, 0.1) is 11.7 Å². The number of carbonyl (C=O) groups excluding carboxylic acids is 2. The van der Waals surface area contributed by atoms with Crippen molar-refractivity contribution in [1.82, 2.24) is 5.32 Å². The molecule has 0 saturated heterocycles. The fourth-order valence-electron chi connectivity index (χ4n) is 2.56. The minimum absolute atomic E-state index is 0.0281. The van der Waals surface area contributed by atoms with Crippen LogP contribution in [0.1, 0.15) is 35.3 Å². The van der Waals surface area contributed by atoms with Crippen molar-refractivity contribution in [3.8, 4) is 5.75 Å². The highest BCUT2D eigenvalue weighted by Gasteiger charge is 2.19. The third-order valence-corrected chi connectivity index (χ3v) is 3.79. The van der Waals surface area contributed by atoms with Gasteiger partial charge in [0.25, 0.3) is 11.8 Å². The van der Waals surface area contributed by atoms with Crippen LogP contribution in [0, 0.1) is 0 Å². The third-order valence-electron chi connectivity index (χ3n) is 3.79. The minimum atomic E-state index is -0.190. The van der Waals surface area contributed by atoms with E-state index in [-0.39, 0.29) is 24.5 Å². The second-order valence-electron chi connectivity index (χ2n) is 5.39. The third kappa shape index (κ3) is 3.34. The van der Waals surface area contributed by atoms with E-state index in [0.717, 1.165) is 12.0 Å². The quantitative estimate of drug-likeness (QED) is 0.912. The van der Waals surface area contributed by atoms with E-state index in [1.165, 1.54) is 0 Å². The molecule has 1 atom stereocenters. The maximum absolute atomic E-state index is 12.5. The molecule has 1 unspecified atom stereocenters. The summed E-state index contributed by atoms with van der Waals surface area (Å²) < 4.78 is 5.35. The van der Waals surface area contributed by atoms with Crippen LogP contribution in [0.2, 0.25) is 0 Å². The van der Waals surface area contributed by atoms with Gasteiger partial charge in [-0.1, -0.05) is 37.3 Å². The van der Waals surface area contributed by atoms with Crippen molar-refractivity contribution in [3.63, 3.8) is 0 Å². The molecule has 2 N–H and O–H groups in total. The van der Waals surface area contributed by atoms with Crippen LogP contribution in [0.25, 0.3) is 0 Å². The molecule has 0 fully saturated rings. The Labute approximate surface area is 134 Å². The number of amides is 2. The van der Waals surface area contributed by atoms with Gasteiger partial charge in [-0.2, -0.15) is 0 Å². The van der Waals surface area contributed by atoms with Crippen molar-refractivity contribution in [1.29, 1.82) is 0 Å². The van der Waals surface area contributed by atoms with E-state index in [2.05, 4.69) is 10.6 Å². The molecule has 3 rings (SSSR count). The molecular weight excluding hydrogens is 292 g/mol. The summed E-state index contributed by atoms with van der Waals surface area (Å²) in [6.07, 6.45) is 0.799. The average Bonchev–Trinajstić information content (AvgIpc) is 2.59. The standard InChI is InChI=1S/C18H18N2O3/c1-2-14(12-6-4-3-5-7-12)20-18(22)13-8-9-15-16(10-13)23-11-17(21)19-15/h3-10,14H,2,11H2,1H3,(H,19,21)(H,20,22). The van der Waals surface area contributed by atoms with Crippen LogP contribution in [-0.4, -0.2) is 18.4 Å². The van der Waals surface area contributed by atoms with Crippen molar-refractivity contribution >= 4 is 17.5 Å². The molecule has 0 saturated carbocycles. The minimum Gasteiger partial charge on any atom is -0.482 e. The lowest BCUT2D eigenvalue weighted by Gasteiger charge is -2.20. The highest BCUT2D eigenvalue weighted by molar-refractivity contribution is 5.99.